The number of rotatable bonds is 3. The molecule has 1 aliphatic heterocycles. The molecule has 1 aromatic carbocycles. The highest BCUT2D eigenvalue weighted by atomic mass is 35.5. The maximum atomic E-state index is 5.88. The summed E-state index contributed by atoms with van der Waals surface area (Å²) >= 11 is 0. The second-order valence-electron chi connectivity index (χ2n) is 5.35. The molecule has 0 bridgehead atoms. The summed E-state index contributed by atoms with van der Waals surface area (Å²) in [6.07, 6.45) is 3.82. The molecule has 21 heavy (non-hydrogen) atoms. The topological polar surface area (TPSA) is 42.1 Å². The Kier molecular flexibility index (Phi) is 7.40. The van der Waals surface area contributed by atoms with Gasteiger partial charge in [-0.05, 0) is 31.5 Å². The van der Waals surface area contributed by atoms with Gasteiger partial charge < -0.3 is 5.73 Å². The van der Waals surface area contributed by atoms with Crippen LogP contribution >= 0.6 is 24.8 Å². The molecule has 0 radical (unpaired) electrons. The zero-order chi connectivity index (χ0) is 13.1. The number of nitrogens with two attached hydrogens (primary N) is 1. The Morgan fingerprint density at radius 3 is 2.71 bits per heavy atom. The summed E-state index contributed by atoms with van der Waals surface area (Å²) in [5, 5.41) is 1.21. The number of nitrogens with zero attached hydrogens (tertiary/aromatic N) is 2. The molecule has 1 aromatic heterocycles. The number of piperidine rings is 1. The van der Waals surface area contributed by atoms with E-state index in [2.05, 4.69) is 35.2 Å². The van der Waals surface area contributed by atoms with Crippen LogP contribution in [0, 0.1) is 0 Å². The first-order chi connectivity index (χ1) is 9.36. The van der Waals surface area contributed by atoms with Crippen molar-refractivity contribution in [2.45, 2.75) is 31.8 Å². The smallest absolute Gasteiger partial charge is 0.0705 e. The molecule has 0 saturated carbocycles. The van der Waals surface area contributed by atoms with E-state index in [1.807, 2.05) is 6.07 Å². The third-order valence-electron chi connectivity index (χ3n) is 4.04. The Labute approximate surface area is 138 Å². The Hall–Kier alpha value is -0.870. The number of aromatic nitrogens is 1. The lowest BCUT2D eigenvalue weighted by Crippen LogP contribution is -2.43. The van der Waals surface area contributed by atoms with E-state index >= 15 is 0 Å². The Morgan fingerprint density at radius 1 is 1.10 bits per heavy atom. The normalized spacial score (nSPS) is 18.8. The number of benzene rings is 1. The van der Waals surface area contributed by atoms with Crippen LogP contribution in [-0.2, 0) is 6.54 Å². The van der Waals surface area contributed by atoms with Crippen molar-refractivity contribution in [3.8, 4) is 0 Å². The highest BCUT2D eigenvalue weighted by Gasteiger charge is 2.21. The van der Waals surface area contributed by atoms with Crippen molar-refractivity contribution in [2.24, 2.45) is 5.73 Å². The first kappa shape index (κ1) is 18.2. The van der Waals surface area contributed by atoms with E-state index in [1.165, 1.54) is 24.6 Å². The molecule has 1 atom stereocenters. The fourth-order valence-corrected chi connectivity index (χ4v) is 2.94. The monoisotopic (exact) mass is 327 g/mol. The van der Waals surface area contributed by atoms with Gasteiger partial charge in [0.2, 0.25) is 0 Å². The number of fused-ring (bicyclic) bond motifs is 1. The lowest BCUT2D eigenvalue weighted by atomic mass is 10.0. The van der Waals surface area contributed by atoms with Gasteiger partial charge in [0.1, 0.15) is 0 Å². The minimum absolute atomic E-state index is 0. The van der Waals surface area contributed by atoms with E-state index in [0.717, 1.165) is 30.8 Å². The second kappa shape index (κ2) is 8.54. The minimum Gasteiger partial charge on any atom is -0.329 e. The van der Waals surface area contributed by atoms with Gasteiger partial charge in [0, 0.05) is 24.5 Å². The van der Waals surface area contributed by atoms with Crippen LogP contribution in [0.5, 0.6) is 0 Å². The van der Waals surface area contributed by atoms with E-state index in [0.29, 0.717) is 6.04 Å². The molecular formula is C16H23Cl2N3. The van der Waals surface area contributed by atoms with Gasteiger partial charge in [0.25, 0.3) is 0 Å². The number of hydrogen-bond acceptors (Lipinski definition) is 3. The predicted molar refractivity (Wildman–Crippen MR) is 93.3 cm³/mol. The Bertz CT molecular complexity index is 562. The standard InChI is InChI=1S/C16H21N3.2ClH/c17-11-15-6-3-4-10-19(15)12-14-9-8-13-5-1-2-7-16(13)18-14;;/h1-2,5,7-9,15H,3-4,6,10-12,17H2;2*1H. The predicted octanol–water partition coefficient (Wildman–Crippen LogP) is 3.39. The maximum absolute atomic E-state index is 5.88. The molecule has 5 heteroatoms. The molecule has 0 spiro atoms. The van der Waals surface area contributed by atoms with Crippen molar-refractivity contribution in [1.82, 2.24) is 9.88 Å². The maximum Gasteiger partial charge on any atom is 0.0705 e. The van der Waals surface area contributed by atoms with E-state index in [-0.39, 0.29) is 24.8 Å². The molecule has 1 aliphatic rings. The fourth-order valence-electron chi connectivity index (χ4n) is 2.94. The van der Waals surface area contributed by atoms with Gasteiger partial charge in [-0.25, -0.2) is 0 Å². The molecule has 1 saturated heterocycles. The molecule has 2 N–H and O–H groups in total. The van der Waals surface area contributed by atoms with Gasteiger partial charge in [-0.1, -0.05) is 30.7 Å². The average Bonchev–Trinajstić information content (AvgIpc) is 2.48. The van der Waals surface area contributed by atoms with Gasteiger partial charge in [-0.3, -0.25) is 9.88 Å². The van der Waals surface area contributed by atoms with Crippen molar-refractivity contribution in [3.63, 3.8) is 0 Å². The second-order valence-corrected chi connectivity index (χ2v) is 5.35. The van der Waals surface area contributed by atoms with Crippen LogP contribution < -0.4 is 5.73 Å². The number of halogens is 2. The Morgan fingerprint density at radius 2 is 1.90 bits per heavy atom. The highest BCUT2D eigenvalue weighted by molar-refractivity contribution is 5.85. The van der Waals surface area contributed by atoms with Gasteiger partial charge >= 0.3 is 0 Å². The Balaban J connectivity index is 0.00000110. The van der Waals surface area contributed by atoms with Crippen LogP contribution in [0.15, 0.2) is 36.4 Å². The third kappa shape index (κ3) is 4.30. The van der Waals surface area contributed by atoms with Crippen LogP contribution in [0.4, 0.5) is 0 Å². The van der Waals surface area contributed by atoms with Crippen LogP contribution in [0.3, 0.4) is 0 Å². The lowest BCUT2D eigenvalue weighted by molar-refractivity contribution is 0.143. The van der Waals surface area contributed by atoms with Crippen LogP contribution in [0.2, 0.25) is 0 Å². The molecule has 1 unspecified atom stereocenters. The minimum atomic E-state index is 0. The first-order valence-corrected chi connectivity index (χ1v) is 7.15. The molecule has 2 aromatic rings. The summed E-state index contributed by atoms with van der Waals surface area (Å²) in [6, 6.07) is 13.1. The summed E-state index contributed by atoms with van der Waals surface area (Å²) in [4.78, 5) is 7.24. The molecule has 2 heterocycles. The van der Waals surface area contributed by atoms with Gasteiger partial charge in [0.15, 0.2) is 0 Å². The molecule has 0 aliphatic carbocycles. The van der Waals surface area contributed by atoms with Crippen molar-refractivity contribution in [1.29, 1.82) is 0 Å². The third-order valence-corrected chi connectivity index (χ3v) is 4.04. The zero-order valence-corrected chi connectivity index (χ0v) is 13.7. The first-order valence-electron chi connectivity index (χ1n) is 7.15. The summed E-state index contributed by atoms with van der Waals surface area (Å²) in [5.74, 6) is 0. The van der Waals surface area contributed by atoms with Crippen molar-refractivity contribution >= 4 is 35.7 Å². The van der Waals surface area contributed by atoms with E-state index in [9.17, 15) is 0 Å². The van der Waals surface area contributed by atoms with Crippen molar-refractivity contribution < 1.29 is 0 Å². The lowest BCUT2D eigenvalue weighted by Gasteiger charge is -2.34. The van der Waals surface area contributed by atoms with Gasteiger partial charge in [0.05, 0.1) is 11.2 Å². The SMILES string of the molecule is Cl.Cl.NCC1CCCCN1Cc1ccc2ccccc2n1. The van der Waals surface area contributed by atoms with Crippen molar-refractivity contribution in [2.75, 3.05) is 13.1 Å². The summed E-state index contributed by atoms with van der Waals surface area (Å²) < 4.78 is 0. The number of para-hydroxylation sites is 1. The summed E-state index contributed by atoms with van der Waals surface area (Å²) in [6.45, 7) is 2.83. The van der Waals surface area contributed by atoms with Crippen molar-refractivity contribution in [3.05, 3.63) is 42.1 Å². The van der Waals surface area contributed by atoms with Gasteiger partial charge in [-0.15, -0.1) is 24.8 Å². The molecule has 0 amide bonds. The van der Waals surface area contributed by atoms with E-state index in [1.54, 1.807) is 0 Å². The molecule has 3 nitrogen and oxygen atoms in total. The van der Waals surface area contributed by atoms with Crippen LogP contribution in [0.1, 0.15) is 25.0 Å². The van der Waals surface area contributed by atoms with Crippen LogP contribution in [0.25, 0.3) is 10.9 Å². The van der Waals surface area contributed by atoms with Gasteiger partial charge in [-0.2, -0.15) is 0 Å². The summed E-state index contributed by atoms with van der Waals surface area (Å²) in [5.41, 5.74) is 8.11. The molecule has 116 valence electrons. The molecular weight excluding hydrogens is 305 g/mol. The number of hydrogen-bond donors (Lipinski definition) is 1. The van der Waals surface area contributed by atoms with E-state index in [4.69, 9.17) is 10.7 Å². The molecule has 3 rings (SSSR count). The largest absolute Gasteiger partial charge is 0.329 e. The summed E-state index contributed by atoms with van der Waals surface area (Å²) in [7, 11) is 0. The zero-order valence-electron chi connectivity index (χ0n) is 12.1. The highest BCUT2D eigenvalue weighted by Crippen LogP contribution is 2.19. The molecule has 1 fully saturated rings. The number of likely N-dealkylation sites (tertiary alicyclic amines) is 1. The quantitative estimate of drug-likeness (QED) is 0.939. The van der Waals surface area contributed by atoms with Crippen LogP contribution in [-0.4, -0.2) is 29.0 Å². The number of pyridine rings is 1. The average molecular weight is 328 g/mol. The fraction of sp³-hybridized carbons (Fsp3) is 0.438. The van der Waals surface area contributed by atoms with E-state index < -0.39 is 0 Å².